The van der Waals surface area contributed by atoms with Gasteiger partial charge in [0.25, 0.3) is 0 Å². The fraction of sp³-hybridized carbons (Fsp3) is 0.176. The minimum atomic E-state index is -1.38. The molecule has 7 nitrogen and oxygen atoms in total. The van der Waals surface area contributed by atoms with Crippen molar-refractivity contribution in [3.8, 4) is 0 Å². The van der Waals surface area contributed by atoms with Gasteiger partial charge < -0.3 is 15.3 Å². The molecule has 0 aliphatic rings. The maximum atomic E-state index is 10.1. The van der Waals surface area contributed by atoms with E-state index in [-0.39, 0.29) is 5.71 Å². The number of aliphatic hydroxyl groups excluding tert-OH is 3. The Balaban J connectivity index is 2.10. The van der Waals surface area contributed by atoms with Crippen molar-refractivity contribution >= 4 is 23.3 Å². The van der Waals surface area contributed by atoms with Crippen molar-refractivity contribution in [3.05, 3.63) is 60.7 Å². The minimum Gasteiger partial charge on any atom is -0.394 e. The monoisotopic (exact) mass is 328 g/mol. The Labute approximate surface area is 140 Å². The highest BCUT2D eigenvalue weighted by Gasteiger charge is 2.20. The summed E-state index contributed by atoms with van der Waals surface area (Å²) in [6, 6.07) is 18.4. The summed E-state index contributed by atoms with van der Waals surface area (Å²) in [7, 11) is 0. The van der Waals surface area contributed by atoms with E-state index >= 15 is 0 Å². The molecule has 0 saturated carbocycles. The number of para-hydroxylation sites is 2. The van der Waals surface area contributed by atoms with Crippen LogP contribution in [-0.4, -0.2) is 46.1 Å². The Morgan fingerprint density at radius 3 is 2.00 bits per heavy atom. The van der Waals surface area contributed by atoms with Crippen molar-refractivity contribution in [2.45, 2.75) is 12.2 Å². The first-order chi connectivity index (χ1) is 11.7. The molecule has 0 saturated heterocycles. The molecule has 0 heterocycles. The van der Waals surface area contributed by atoms with E-state index in [0.29, 0.717) is 5.69 Å². The second kappa shape index (κ2) is 9.41. The predicted octanol–water partition coefficient (Wildman–Crippen LogP) is 1.27. The van der Waals surface area contributed by atoms with Crippen molar-refractivity contribution < 1.29 is 15.3 Å². The molecule has 2 rings (SSSR count). The van der Waals surface area contributed by atoms with Gasteiger partial charge in [0.2, 0.25) is 0 Å². The largest absolute Gasteiger partial charge is 0.394 e. The van der Waals surface area contributed by atoms with Gasteiger partial charge in [0, 0.05) is 0 Å². The molecule has 0 unspecified atom stereocenters. The number of benzene rings is 2. The lowest BCUT2D eigenvalue weighted by Crippen LogP contribution is -2.37. The lowest BCUT2D eigenvalue weighted by molar-refractivity contribution is 0.0193. The zero-order chi connectivity index (χ0) is 17.2. The Bertz CT molecular complexity index is 662. The molecule has 0 amide bonds. The highest BCUT2D eigenvalue weighted by Crippen LogP contribution is 2.06. The van der Waals surface area contributed by atoms with E-state index < -0.39 is 18.8 Å². The van der Waals surface area contributed by atoms with Crippen LogP contribution in [0, 0.1) is 0 Å². The highest BCUT2D eigenvalue weighted by molar-refractivity contribution is 6.33. The van der Waals surface area contributed by atoms with Gasteiger partial charge in [-0.3, -0.25) is 10.9 Å². The molecule has 0 spiro atoms. The number of anilines is 2. The van der Waals surface area contributed by atoms with Crippen LogP contribution in [0.5, 0.6) is 0 Å². The van der Waals surface area contributed by atoms with Gasteiger partial charge in [0.15, 0.2) is 0 Å². The summed E-state index contributed by atoms with van der Waals surface area (Å²) in [6.45, 7) is -0.592. The van der Waals surface area contributed by atoms with E-state index in [1.807, 2.05) is 48.5 Å². The van der Waals surface area contributed by atoms with Crippen LogP contribution < -0.4 is 10.9 Å². The predicted molar refractivity (Wildman–Crippen MR) is 95.2 cm³/mol. The zero-order valence-corrected chi connectivity index (χ0v) is 12.9. The Morgan fingerprint density at radius 2 is 1.46 bits per heavy atom. The average Bonchev–Trinajstić information content (AvgIpc) is 2.65. The van der Waals surface area contributed by atoms with Crippen molar-refractivity contribution in [2.75, 3.05) is 17.5 Å². The first-order valence-corrected chi connectivity index (χ1v) is 7.40. The standard InChI is InChI=1S/C17H20N4O3/c22-12-16(23)17(24)15(21-20-14-9-5-2-6-10-14)11-18-19-13-7-3-1-4-8-13/h1-11,16-17,19-20,22-24H,12H2/b18-11-,21-15-/t16-,17+/m1/s1. The third-order valence-electron chi connectivity index (χ3n) is 3.11. The van der Waals surface area contributed by atoms with Crippen molar-refractivity contribution in [3.63, 3.8) is 0 Å². The highest BCUT2D eigenvalue weighted by atomic mass is 16.4. The lowest BCUT2D eigenvalue weighted by Gasteiger charge is -2.15. The molecule has 126 valence electrons. The minimum absolute atomic E-state index is 0.0730. The lowest BCUT2D eigenvalue weighted by atomic mass is 10.1. The smallest absolute Gasteiger partial charge is 0.127 e. The number of rotatable bonds is 8. The Morgan fingerprint density at radius 1 is 0.917 bits per heavy atom. The zero-order valence-electron chi connectivity index (χ0n) is 12.9. The summed E-state index contributed by atoms with van der Waals surface area (Å²) < 4.78 is 0. The van der Waals surface area contributed by atoms with Crippen LogP contribution in [0.2, 0.25) is 0 Å². The molecule has 0 fully saturated rings. The molecule has 2 atom stereocenters. The second-order valence-corrected chi connectivity index (χ2v) is 4.95. The van der Waals surface area contributed by atoms with Crippen LogP contribution in [0.3, 0.4) is 0 Å². The SMILES string of the molecule is OC[C@@H](O)[C@@H](O)C(/C=N\Nc1ccccc1)=N\Nc1ccccc1. The van der Waals surface area contributed by atoms with Gasteiger partial charge >= 0.3 is 0 Å². The molecular weight excluding hydrogens is 308 g/mol. The second-order valence-electron chi connectivity index (χ2n) is 4.95. The van der Waals surface area contributed by atoms with E-state index in [2.05, 4.69) is 21.1 Å². The van der Waals surface area contributed by atoms with E-state index in [1.54, 1.807) is 12.1 Å². The summed E-state index contributed by atoms with van der Waals surface area (Å²) in [5.41, 5.74) is 7.11. The Kier molecular flexibility index (Phi) is 6.91. The summed E-state index contributed by atoms with van der Waals surface area (Å²) in [6.07, 6.45) is -1.45. The number of nitrogens with one attached hydrogen (secondary N) is 2. The summed E-state index contributed by atoms with van der Waals surface area (Å²) >= 11 is 0. The summed E-state index contributed by atoms with van der Waals surface area (Å²) in [5.74, 6) is 0. The van der Waals surface area contributed by atoms with E-state index in [0.717, 1.165) is 5.69 Å². The third kappa shape index (κ3) is 5.47. The van der Waals surface area contributed by atoms with Crippen LogP contribution in [0.1, 0.15) is 0 Å². The van der Waals surface area contributed by atoms with E-state index in [9.17, 15) is 10.2 Å². The molecule has 0 aromatic heterocycles. The van der Waals surface area contributed by atoms with Gasteiger partial charge in [-0.2, -0.15) is 10.2 Å². The molecule has 0 aliphatic carbocycles. The molecule has 0 aliphatic heterocycles. The van der Waals surface area contributed by atoms with E-state index in [4.69, 9.17) is 5.11 Å². The van der Waals surface area contributed by atoms with Crippen molar-refractivity contribution in [2.24, 2.45) is 10.2 Å². The molecule has 5 N–H and O–H groups in total. The first kappa shape index (κ1) is 17.6. The quantitative estimate of drug-likeness (QED) is 0.370. The fourth-order valence-electron chi connectivity index (χ4n) is 1.80. The molecule has 0 radical (unpaired) electrons. The van der Waals surface area contributed by atoms with Gasteiger partial charge in [-0.1, -0.05) is 36.4 Å². The maximum absolute atomic E-state index is 10.1. The van der Waals surface area contributed by atoms with Crippen LogP contribution in [0.4, 0.5) is 11.4 Å². The van der Waals surface area contributed by atoms with Crippen molar-refractivity contribution in [1.29, 1.82) is 0 Å². The van der Waals surface area contributed by atoms with Gasteiger partial charge in [0.05, 0.1) is 24.2 Å². The topological polar surface area (TPSA) is 109 Å². The molecule has 24 heavy (non-hydrogen) atoms. The van der Waals surface area contributed by atoms with E-state index in [1.165, 1.54) is 6.21 Å². The molecule has 7 heteroatoms. The summed E-state index contributed by atoms with van der Waals surface area (Å²) in [4.78, 5) is 0. The normalized spacial score (nSPS) is 14.4. The van der Waals surface area contributed by atoms with Crippen LogP contribution in [0.25, 0.3) is 0 Å². The molecular formula is C17H20N4O3. The number of nitrogens with zero attached hydrogens (tertiary/aromatic N) is 2. The van der Waals surface area contributed by atoms with Gasteiger partial charge in [-0.25, -0.2) is 0 Å². The number of aliphatic hydroxyl groups is 3. The third-order valence-corrected chi connectivity index (χ3v) is 3.11. The fourth-order valence-corrected chi connectivity index (χ4v) is 1.80. The summed E-state index contributed by atoms with van der Waals surface area (Å²) in [5, 5.41) is 36.7. The van der Waals surface area contributed by atoms with Crippen LogP contribution in [0.15, 0.2) is 70.9 Å². The number of hydrogen-bond acceptors (Lipinski definition) is 7. The maximum Gasteiger partial charge on any atom is 0.127 e. The average molecular weight is 328 g/mol. The van der Waals surface area contributed by atoms with Crippen LogP contribution in [-0.2, 0) is 0 Å². The van der Waals surface area contributed by atoms with Crippen LogP contribution >= 0.6 is 0 Å². The first-order valence-electron chi connectivity index (χ1n) is 7.40. The Hall–Kier alpha value is -2.74. The van der Waals surface area contributed by atoms with Gasteiger partial charge in [-0.15, -0.1) is 0 Å². The van der Waals surface area contributed by atoms with Crippen molar-refractivity contribution in [1.82, 2.24) is 0 Å². The molecule has 2 aromatic carbocycles. The molecule has 0 bridgehead atoms. The van der Waals surface area contributed by atoms with Gasteiger partial charge in [-0.05, 0) is 24.3 Å². The van der Waals surface area contributed by atoms with Gasteiger partial charge in [0.1, 0.15) is 17.9 Å². The number of hydrazone groups is 2. The molecule has 2 aromatic rings. The number of hydrogen-bond donors (Lipinski definition) is 5.